The van der Waals surface area contributed by atoms with Gasteiger partial charge in [-0.15, -0.1) is 0 Å². The molecule has 1 amide bonds. The Morgan fingerprint density at radius 2 is 1.86 bits per heavy atom. The van der Waals surface area contributed by atoms with E-state index in [9.17, 15) is 14.0 Å². The van der Waals surface area contributed by atoms with E-state index in [0.29, 0.717) is 16.1 Å². The number of benzene rings is 2. The third-order valence-electron chi connectivity index (χ3n) is 5.07. The molecule has 150 valence electrons. The Balaban J connectivity index is 1.54. The van der Waals surface area contributed by atoms with E-state index in [2.05, 4.69) is 10.3 Å². The van der Waals surface area contributed by atoms with Crippen LogP contribution in [0.4, 0.5) is 4.39 Å². The molecule has 0 saturated heterocycles. The molecule has 29 heavy (non-hydrogen) atoms. The smallest absolute Gasteiger partial charge is 0.262 e. The summed E-state index contributed by atoms with van der Waals surface area (Å²) in [5.41, 5.74) is 1.42. The highest BCUT2D eigenvalue weighted by Crippen LogP contribution is 2.37. The number of fused-ring (bicyclic) bond motifs is 1. The van der Waals surface area contributed by atoms with Crippen molar-refractivity contribution in [3.63, 3.8) is 0 Å². The Hall–Kier alpha value is -2.67. The SMILES string of the molecule is C[C@H](Sc1nc2ccccc2c(=O)n1C1CC1)C(=O)N[C@@H](C)c1ccc(F)cc1. The molecule has 1 aliphatic carbocycles. The van der Waals surface area contributed by atoms with Gasteiger partial charge < -0.3 is 5.32 Å². The first-order valence-corrected chi connectivity index (χ1v) is 10.6. The summed E-state index contributed by atoms with van der Waals surface area (Å²) in [7, 11) is 0. The molecule has 1 heterocycles. The molecule has 1 aromatic heterocycles. The molecule has 3 aromatic rings. The molecular formula is C22H22FN3O2S. The van der Waals surface area contributed by atoms with Crippen LogP contribution in [0.5, 0.6) is 0 Å². The van der Waals surface area contributed by atoms with Gasteiger partial charge in [0, 0.05) is 6.04 Å². The van der Waals surface area contributed by atoms with Crippen LogP contribution in [0.2, 0.25) is 0 Å². The lowest BCUT2D eigenvalue weighted by Gasteiger charge is -2.19. The topological polar surface area (TPSA) is 64.0 Å². The number of thioether (sulfide) groups is 1. The number of amides is 1. The summed E-state index contributed by atoms with van der Waals surface area (Å²) in [5, 5.41) is 3.70. The van der Waals surface area contributed by atoms with Gasteiger partial charge in [-0.05, 0) is 56.5 Å². The summed E-state index contributed by atoms with van der Waals surface area (Å²) in [6.45, 7) is 3.66. The number of nitrogens with zero attached hydrogens (tertiary/aromatic N) is 2. The molecule has 5 nitrogen and oxygen atoms in total. The molecule has 1 N–H and O–H groups in total. The lowest BCUT2D eigenvalue weighted by atomic mass is 10.1. The van der Waals surface area contributed by atoms with Crippen LogP contribution in [0.3, 0.4) is 0 Å². The van der Waals surface area contributed by atoms with Crippen molar-refractivity contribution < 1.29 is 9.18 Å². The number of nitrogens with one attached hydrogen (secondary N) is 1. The van der Waals surface area contributed by atoms with Crippen molar-refractivity contribution in [3.8, 4) is 0 Å². The van der Waals surface area contributed by atoms with Crippen molar-refractivity contribution >= 4 is 28.6 Å². The average Bonchev–Trinajstić information content (AvgIpc) is 3.53. The van der Waals surface area contributed by atoms with E-state index in [1.807, 2.05) is 25.1 Å². The number of carbonyl (C=O) groups is 1. The second kappa shape index (κ2) is 7.99. The molecule has 7 heteroatoms. The van der Waals surface area contributed by atoms with Crippen molar-refractivity contribution in [1.29, 1.82) is 0 Å². The number of para-hydroxylation sites is 1. The zero-order valence-electron chi connectivity index (χ0n) is 16.3. The second-order valence-electron chi connectivity index (χ2n) is 7.36. The lowest BCUT2D eigenvalue weighted by molar-refractivity contribution is -0.120. The van der Waals surface area contributed by atoms with Crippen LogP contribution in [-0.2, 0) is 4.79 Å². The summed E-state index contributed by atoms with van der Waals surface area (Å²) in [5.74, 6) is -0.465. The van der Waals surface area contributed by atoms with Crippen molar-refractivity contribution in [2.24, 2.45) is 0 Å². The van der Waals surface area contributed by atoms with E-state index in [4.69, 9.17) is 0 Å². The fourth-order valence-corrected chi connectivity index (χ4v) is 4.23. The maximum Gasteiger partial charge on any atom is 0.262 e. The molecule has 2 aromatic carbocycles. The van der Waals surface area contributed by atoms with Gasteiger partial charge in [0.2, 0.25) is 5.91 Å². The first-order valence-electron chi connectivity index (χ1n) is 9.68. The Kier molecular flexibility index (Phi) is 5.41. The molecule has 2 atom stereocenters. The molecule has 4 rings (SSSR count). The van der Waals surface area contributed by atoms with Crippen LogP contribution in [0.1, 0.15) is 44.3 Å². The maximum absolute atomic E-state index is 13.1. The normalized spacial score (nSPS) is 15.8. The molecule has 1 fully saturated rings. The van der Waals surface area contributed by atoms with Gasteiger partial charge in [-0.1, -0.05) is 36.0 Å². The fourth-order valence-electron chi connectivity index (χ4n) is 3.24. The number of rotatable bonds is 6. The van der Waals surface area contributed by atoms with E-state index in [1.54, 1.807) is 29.7 Å². The van der Waals surface area contributed by atoms with Crippen molar-refractivity contribution in [1.82, 2.24) is 14.9 Å². The summed E-state index contributed by atoms with van der Waals surface area (Å²) in [6, 6.07) is 13.3. The van der Waals surface area contributed by atoms with Gasteiger partial charge in [-0.2, -0.15) is 0 Å². The fraction of sp³-hybridized carbons (Fsp3) is 0.318. The van der Waals surface area contributed by atoms with Crippen LogP contribution in [0.15, 0.2) is 58.5 Å². The number of aromatic nitrogens is 2. The number of carbonyl (C=O) groups excluding carboxylic acids is 1. The van der Waals surface area contributed by atoms with Crippen molar-refractivity contribution in [3.05, 3.63) is 70.3 Å². The second-order valence-corrected chi connectivity index (χ2v) is 8.67. The Bertz CT molecular complexity index is 1110. The molecule has 1 saturated carbocycles. The summed E-state index contributed by atoms with van der Waals surface area (Å²) >= 11 is 1.30. The van der Waals surface area contributed by atoms with Gasteiger partial charge in [0.05, 0.1) is 22.2 Å². The zero-order chi connectivity index (χ0) is 20.5. The van der Waals surface area contributed by atoms with Crippen molar-refractivity contribution in [2.45, 2.75) is 49.2 Å². The van der Waals surface area contributed by atoms with E-state index in [-0.39, 0.29) is 29.4 Å². The van der Waals surface area contributed by atoms with Gasteiger partial charge in [-0.25, -0.2) is 9.37 Å². The van der Waals surface area contributed by atoms with Crippen LogP contribution < -0.4 is 10.9 Å². The van der Waals surface area contributed by atoms with E-state index >= 15 is 0 Å². The molecule has 0 aliphatic heterocycles. The van der Waals surface area contributed by atoms with Gasteiger partial charge in [0.15, 0.2) is 5.16 Å². The van der Waals surface area contributed by atoms with E-state index in [0.717, 1.165) is 18.4 Å². The highest BCUT2D eigenvalue weighted by atomic mass is 32.2. The van der Waals surface area contributed by atoms with Gasteiger partial charge in [0.1, 0.15) is 5.82 Å². The van der Waals surface area contributed by atoms with Crippen LogP contribution in [-0.4, -0.2) is 20.7 Å². The summed E-state index contributed by atoms with van der Waals surface area (Å²) in [4.78, 5) is 30.3. The Labute approximate surface area is 172 Å². The van der Waals surface area contributed by atoms with E-state index in [1.165, 1.54) is 23.9 Å². The first-order chi connectivity index (χ1) is 13.9. The maximum atomic E-state index is 13.1. The lowest BCUT2D eigenvalue weighted by Crippen LogP contribution is -2.33. The monoisotopic (exact) mass is 411 g/mol. The molecule has 0 radical (unpaired) electrons. The number of hydrogen-bond donors (Lipinski definition) is 1. The van der Waals surface area contributed by atoms with Crippen LogP contribution >= 0.6 is 11.8 Å². The Morgan fingerprint density at radius 1 is 1.17 bits per heavy atom. The summed E-state index contributed by atoms with van der Waals surface area (Å²) < 4.78 is 14.8. The van der Waals surface area contributed by atoms with Crippen LogP contribution in [0, 0.1) is 5.82 Å². The van der Waals surface area contributed by atoms with Gasteiger partial charge in [-0.3, -0.25) is 14.2 Å². The Morgan fingerprint density at radius 3 is 2.55 bits per heavy atom. The predicted molar refractivity (Wildman–Crippen MR) is 113 cm³/mol. The quantitative estimate of drug-likeness (QED) is 0.487. The minimum Gasteiger partial charge on any atom is -0.349 e. The number of hydrogen-bond acceptors (Lipinski definition) is 4. The van der Waals surface area contributed by atoms with E-state index < -0.39 is 5.25 Å². The number of halogens is 1. The first kappa shape index (κ1) is 19.6. The minimum absolute atomic E-state index is 0.0483. The molecule has 0 bridgehead atoms. The predicted octanol–water partition coefficient (Wildman–Crippen LogP) is 4.23. The molecular weight excluding hydrogens is 389 g/mol. The van der Waals surface area contributed by atoms with Crippen molar-refractivity contribution in [2.75, 3.05) is 0 Å². The summed E-state index contributed by atoms with van der Waals surface area (Å²) in [6.07, 6.45) is 1.91. The molecule has 0 spiro atoms. The average molecular weight is 412 g/mol. The standard InChI is InChI=1S/C22H22FN3O2S/c1-13(15-7-9-16(23)10-8-15)24-20(27)14(2)29-22-25-19-6-4-3-5-18(19)21(28)26(22)17-11-12-17/h3-10,13-14,17H,11-12H2,1-2H3,(H,24,27)/t13-,14-/m0/s1. The minimum atomic E-state index is -0.434. The van der Waals surface area contributed by atoms with Gasteiger partial charge >= 0.3 is 0 Å². The molecule has 1 aliphatic rings. The third kappa shape index (κ3) is 4.19. The van der Waals surface area contributed by atoms with Gasteiger partial charge in [0.25, 0.3) is 5.56 Å². The zero-order valence-corrected chi connectivity index (χ0v) is 17.1. The highest BCUT2D eigenvalue weighted by Gasteiger charge is 2.30. The third-order valence-corrected chi connectivity index (χ3v) is 6.13. The largest absolute Gasteiger partial charge is 0.349 e. The highest BCUT2D eigenvalue weighted by molar-refractivity contribution is 8.00. The van der Waals surface area contributed by atoms with Crippen LogP contribution in [0.25, 0.3) is 10.9 Å². The molecule has 0 unspecified atom stereocenters.